The van der Waals surface area contributed by atoms with Gasteiger partial charge in [-0.15, -0.1) is 11.3 Å². The van der Waals surface area contributed by atoms with Gasteiger partial charge in [-0.25, -0.2) is 0 Å². The Morgan fingerprint density at radius 3 is 3.00 bits per heavy atom. The van der Waals surface area contributed by atoms with Crippen molar-refractivity contribution >= 4 is 21.8 Å². The van der Waals surface area contributed by atoms with Crippen LogP contribution in [0.2, 0.25) is 0 Å². The summed E-state index contributed by atoms with van der Waals surface area (Å²) in [5.41, 5.74) is 1.37. The van der Waals surface area contributed by atoms with Gasteiger partial charge in [0.05, 0.1) is 0 Å². The van der Waals surface area contributed by atoms with E-state index in [-0.39, 0.29) is 0 Å². The molecule has 10 heavy (non-hydrogen) atoms. The van der Waals surface area contributed by atoms with Crippen molar-refractivity contribution < 1.29 is 4.43 Å². The van der Waals surface area contributed by atoms with E-state index in [0.29, 0.717) is 0 Å². The monoisotopic (exact) mass is 172 g/mol. The first-order valence-electron chi connectivity index (χ1n) is 3.36. The van der Waals surface area contributed by atoms with Crippen molar-refractivity contribution in [2.45, 2.75) is 13.3 Å². The van der Waals surface area contributed by atoms with Gasteiger partial charge in [0.15, 0.2) is 0 Å². The number of aryl methyl sites for hydroxylation is 1. The zero-order valence-corrected chi connectivity index (χ0v) is 9.20. The third kappa shape index (κ3) is 2.25. The van der Waals surface area contributed by atoms with E-state index >= 15 is 0 Å². The molecule has 1 heterocycles. The molecule has 0 atom stereocenters. The van der Waals surface area contributed by atoms with Gasteiger partial charge >= 0.3 is 0 Å². The number of thiophene rings is 1. The molecule has 0 N–H and O–H groups in total. The zero-order valence-electron chi connectivity index (χ0n) is 6.39. The van der Waals surface area contributed by atoms with Crippen LogP contribution in [0.1, 0.15) is 10.4 Å². The molecule has 0 unspecified atom stereocenters. The summed E-state index contributed by atoms with van der Waals surface area (Å²) in [6.07, 6.45) is 1.09. The highest BCUT2D eigenvalue weighted by Gasteiger charge is 1.94. The second-order valence-corrected chi connectivity index (χ2v) is 3.91. The average Bonchev–Trinajstić information content (AvgIpc) is 2.31. The summed E-state index contributed by atoms with van der Waals surface area (Å²) >= 11 is 1.82. The van der Waals surface area contributed by atoms with E-state index in [0.717, 1.165) is 23.5 Å². The van der Waals surface area contributed by atoms with Crippen molar-refractivity contribution in [3.63, 3.8) is 0 Å². The zero-order chi connectivity index (χ0) is 7.40. The van der Waals surface area contributed by atoms with E-state index in [2.05, 4.69) is 18.4 Å². The lowest BCUT2D eigenvalue weighted by Crippen LogP contribution is -1.92. The quantitative estimate of drug-likeness (QED) is 0.616. The number of hydrogen-bond acceptors (Lipinski definition) is 2. The van der Waals surface area contributed by atoms with Crippen molar-refractivity contribution in [2.75, 3.05) is 6.61 Å². The fraction of sp³-hybridized carbons (Fsp3) is 0.429. The van der Waals surface area contributed by atoms with Crippen molar-refractivity contribution in [1.82, 2.24) is 0 Å². The first-order chi connectivity index (χ1) is 4.83. The lowest BCUT2D eigenvalue weighted by atomic mass is 10.3. The summed E-state index contributed by atoms with van der Waals surface area (Å²) in [7, 11) is 0.861. The molecule has 0 aliphatic heterocycles. The van der Waals surface area contributed by atoms with Gasteiger partial charge in [0.25, 0.3) is 0 Å². The van der Waals surface area contributed by atoms with Crippen molar-refractivity contribution in [1.29, 1.82) is 0 Å². The Morgan fingerprint density at radius 1 is 1.70 bits per heavy atom. The van der Waals surface area contributed by atoms with Crippen LogP contribution < -0.4 is 0 Å². The van der Waals surface area contributed by atoms with Gasteiger partial charge in [-0.2, -0.15) is 0 Å². The Morgan fingerprint density at radius 2 is 2.50 bits per heavy atom. The van der Waals surface area contributed by atoms with Gasteiger partial charge in [0, 0.05) is 17.9 Å². The van der Waals surface area contributed by atoms with Gasteiger partial charge in [0.2, 0.25) is 0 Å². The maximum atomic E-state index is 5.10. The summed E-state index contributed by atoms with van der Waals surface area (Å²) in [6.45, 7) is 3.02. The number of hydrogen-bond donors (Lipinski definition) is 0. The Labute approximate surface area is 68.6 Å². The third-order valence-corrected chi connectivity index (χ3v) is 2.86. The minimum Gasteiger partial charge on any atom is -0.428 e. The van der Waals surface area contributed by atoms with E-state index in [4.69, 9.17) is 4.43 Å². The second-order valence-electron chi connectivity index (χ2n) is 2.33. The molecule has 0 bridgehead atoms. The Balaban J connectivity index is 2.42. The smallest absolute Gasteiger partial charge is 0.145 e. The summed E-state index contributed by atoms with van der Waals surface area (Å²) in [6, 6.07) is 2.23. The minimum atomic E-state index is 0.861. The summed E-state index contributed by atoms with van der Waals surface area (Å²) < 4.78 is 5.10. The molecule has 3 heteroatoms. The molecule has 0 radical (unpaired) electrons. The summed E-state index contributed by atoms with van der Waals surface area (Å²) in [5.74, 6) is 0. The molecule has 1 nitrogen and oxygen atoms in total. The van der Waals surface area contributed by atoms with Crippen molar-refractivity contribution in [2.24, 2.45) is 0 Å². The van der Waals surface area contributed by atoms with Crippen LogP contribution >= 0.6 is 11.3 Å². The molecule has 0 spiro atoms. The third-order valence-electron chi connectivity index (χ3n) is 1.34. The highest BCUT2D eigenvalue weighted by atomic mass is 32.1. The molecule has 0 amide bonds. The standard InChI is InChI=1S/C7H12OSSi/c1-6-4-7(9-5-6)2-3-8-10/h4-5H,2-3H2,1,10H3. The number of rotatable bonds is 3. The maximum absolute atomic E-state index is 5.10. The van der Waals surface area contributed by atoms with Crippen molar-refractivity contribution in [3.8, 4) is 0 Å². The van der Waals surface area contributed by atoms with E-state index in [9.17, 15) is 0 Å². The second kappa shape index (κ2) is 3.90. The fourth-order valence-corrected chi connectivity index (χ4v) is 1.89. The topological polar surface area (TPSA) is 9.23 Å². The molecule has 1 aromatic heterocycles. The molecule has 0 aliphatic rings. The normalized spacial score (nSPS) is 10.5. The van der Waals surface area contributed by atoms with Crippen LogP contribution in [-0.2, 0) is 10.8 Å². The highest BCUT2D eigenvalue weighted by Crippen LogP contribution is 2.13. The molecule has 1 rings (SSSR count). The summed E-state index contributed by atoms with van der Waals surface area (Å²) in [5, 5.41) is 2.18. The highest BCUT2D eigenvalue weighted by molar-refractivity contribution is 7.10. The van der Waals surface area contributed by atoms with Crippen LogP contribution in [0.25, 0.3) is 0 Å². The molecule has 0 saturated carbocycles. The molecule has 0 aliphatic carbocycles. The van der Waals surface area contributed by atoms with E-state index in [1.807, 2.05) is 11.3 Å². The van der Waals surface area contributed by atoms with Gasteiger partial charge in [-0.3, -0.25) is 0 Å². The first-order valence-corrected chi connectivity index (χ1v) is 5.05. The Bertz CT molecular complexity index is 197. The van der Waals surface area contributed by atoms with Crippen LogP contribution in [0.15, 0.2) is 11.4 Å². The first kappa shape index (κ1) is 7.98. The van der Waals surface area contributed by atoms with Gasteiger partial charge in [-0.05, 0) is 23.9 Å². The average molecular weight is 172 g/mol. The molecular formula is C7H12OSSi. The molecule has 0 fully saturated rings. The molecule has 0 saturated heterocycles. The molecular weight excluding hydrogens is 160 g/mol. The van der Waals surface area contributed by atoms with Crippen LogP contribution in [0.4, 0.5) is 0 Å². The van der Waals surface area contributed by atoms with Gasteiger partial charge in [0.1, 0.15) is 10.5 Å². The summed E-state index contributed by atoms with van der Waals surface area (Å²) in [4.78, 5) is 1.44. The predicted molar refractivity (Wildman–Crippen MR) is 48.7 cm³/mol. The van der Waals surface area contributed by atoms with E-state index in [1.54, 1.807) is 0 Å². The van der Waals surface area contributed by atoms with Crippen LogP contribution in [-0.4, -0.2) is 17.1 Å². The Kier molecular flexibility index (Phi) is 3.12. The van der Waals surface area contributed by atoms with Gasteiger partial charge in [-0.1, -0.05) is 0 Å². The minimum absolute atomic E-state index is 0.861. The van der Waals surface area contributed by atoms with Crippen LogP contribution in [0.5, 0.6) is 0 Å². The van der Waals surface area contributed by atoms with Crippen molar-refractivity contribution in [3.05, 3.63) is 21.9 Å². The fourth-order valence-electron chi connectivity index (χ4n) is 0.824. The molecule has 56 valence electrons. The lowest BCUT2D eigenvalue weighted by molar-refractivity contribution is 0.355. The SMILES string of the molecule is Cc1csc(CCO[SiH3])c1. The van der Waals surface area contributed by atoms with E-state index in [1.165, 1.54) is 10.4 Å². The maximum Gasteiger partial charge on any atom is 0.145 e. The molecule has 0 aromatic carbocycles. The van der Waals surface area contributed by atoms with Crippen LogP contribution in [0, 0.1) is 6.92 Å². The predicted octanol–water partition coefficient (Wildman–Crippen LogP) is 0.896. The largest absolute Gasteiger partial charge is 0.428 e. The Hall–Kier alpha value is -0.123. The molecule has 1 aromatic rings. The lowest BCUT2D eigenvalue weighted by Gasteiger charge is -1.93. The van der Waals surface area contributed by atoms with Crippen LogP contribution in [0.3, 0.4) is 0 Å². The van der Waals surface area contributed by atoms with E-state index < -0.39 is 0 Å². The van der Waals surface area contributed by atoms with Gasteiger partial charge < -0.3 is 4.43 Å².